The van der Waals surface area contributed by atoms with Crippen molar-refractivity contribution < 1.29 is 14.7 Å². The van der Waals surface area contributed by atoms with Gasteiger partial charge in [-0.25, -0.2) is 0 Å². The van der Waals surface area contributed by atoms with Crippen LogP contribution in [-0.4, -0.2) is 28.5 Å². The molecule has 0 saturated heterocycles. The first-order chi connectivity index (χ1) is 8.55. The Bertz CT molecular complexity index is 481. The number of amides is 1. The number of carbonyl (C=O) groups excluding carboxylic acids is 1. The Morgan fingerprint density at radius 1 is 1.50 bits per heavy atom. The van der Waals surface area contributed by atoms with Gasteiger partial charge in [0.25, 0.3) is 5.91 Å². The molecule has 5 nitrogen and oxygen atoms in total. The molecule has 0 unspecified atom stereocenters. The van der Waals surface area contributed by atoms with E-state index in [0.29, 0.717) is 24.1 Å². The van der Waals surface area contributed by atoms with E-state index in [1.165, 1.54) is 0 Å². The molecule has 18 heavy (non-hydrogen) atoms. The number of nitrogens with one attached hydrogen (secondary N) is 1. The fraction of sp³-hybridized carbons (Fsp3) is 0.462. The Kier molecular flexibility index (Phi) is 3.32. The lowest BCUT2D eigenvalue weighted by molar-refractivity contribution is -0.153. The Balaban J connectivity index is 2.01. The SMILES string of the molecule is Cc1ncccc1C(=O)NCC1(C(=O)O)CCC1. The normalized spacial score (nSPS) is 16.7. The summed E-state index contributed by atoms with van der Waals surface area (Å²) in [5.41, 5.74) is 0.386. The Hall–Kier alpha value is -1.91. The Morgan fingerprint density at radius 3 is 2.72 bits per heavy atom. The monoisotopic (exact) mass is 248 g/mol. The van der Waals surface area contributed by atoms with Gasteiger partial charge in [-0.05, 0) is 31.9 Å². The van der Waals surface area contributed by atoms with Gasteiger partial charge in [-0.2, -0.15) is 0 Å². The van der Waals surface area contributed by atoms with Gasteiger partial charge in [-0.1, -0.05) is 6.42 Å². The van der Waals surface area contributed by atoms with E-state index in [2.05, 4.69) is 10.3 Å². The fourth-order valence-corrected chi connectivity index (χ4v) is 2.14. The van der Waals surface area contributed by atoms with Crippen LogP contribution in [0.3, 0.4) is 0 Å². The van der Waals surface area contributed by atoms with E-state index in [1.807, 2.05) is 0 Å². The van der Waals surface area contributed by atoms with Gasteiger partial charge < -0.3 is 10.4 Å². The summed E-state index contributed by atoms with van der Waals surface area (Å²) in [6, 6.07) is 3.38. The van der Waals surface area contributed by atoms with Gasteiger partial charge in [-0.3, -0.25) is 14.6 Å². The van der Waals surface area contributed by atoms with Crippen molar-refractivity contribution in [1.82, 2.24) is 10.3 Å². The van der Waals surface area contributed by atoms with E-state index < -0.39 is 11.4 Å². The van der Waals surface area contributed by atoms with Crippen LogP contribution in [0.5, 0.6) is 0 Å². The van der Waals surface area contributed by atoms with E-state index in [1.54, 1.807) is 25.3 Å². The van der Waals surface area contributed by atoms with Crippen LogP contribution >= 0.6 is 0 Å². The highest BCUT2D eigenvalue weighted by Gasteiger charge is 2.44. The number of rotatable bonds is 4. The topological polar surface area (TPSA) is 79.3 Å². The van der Waals surface area contributed by atoms with Gasteiger partial charge in [0, 0.05) is 18.4 Å². The van der Waals surface area contributed by atoms with Gasteiger partial charge in [0.1, 0.15) is 0 Å². The van der Waals surface area contributed by atoms with Gasteiger partial charge in [-0.15, -0.1) is 0 Å². The van der Waals surface area contributed by atoms with E-state index in [0.717, 1.165) is 6.42 Å². The van der Waals surface area contributed by atoms with Crippen LogP contribution in [0.15, 0.2) is 18.3 Å². The summed E-state index contributed by atoms with van der Waals surface area (Å²) >= 11 is 0. The number of hydrogen-bond donors (Lipinski definition) is 2. The zero-order valence-corrected chi connectivity index (χ0v) is 10.3. The summed E-state index contributed by atoms with van der Waals surface area (Å²) in [5, 5.41) is 11.9. The summed E-state index contributed by atoms with van der Waals surface area (Å²) in [6.45, 7) is 1.95. The van der Waals surface area contributed by atoms with E-state index in [-0.39, 0.29) is 12.5 Å². The molecule has 1 saturated carbocycles. The van der Waals surface area contributed by atoms with Crippen molar-refractivity contribution in [3.8, 4) is 0 Å². The lowest BCUT2D eigenvalue weighted by atomic mass is 9.69. The number of carboxylic acids is 1. The zero-order chi connectivity index (χ0) is 13.2. The maximum absolute atomic E-state index is 11.9. The van der Waals surface area contributed by atoms with Crippen LogP contribution in [0.4, 0.5) is 0 Å². The van der Waals surface area contributed by atoms with Crippen molar-refractivity contribution in [2.45, 2.75) is 26.2 Å². The number of pyridine rings is 1. The van der Waals surface area contributed by atoms with Gasteiger partial charge in [0.05, 0.1) is 11.0 Å². The predicted octanol–water partition coefficient (Wildman–Crippen LogP) is 1.37. The molecule has 1 heterocycles. The third kappa shape index (κ3) is 2.20. The minimum atomic E-state index is -0.822. The molecule has 0 spiro atoms. The second-order valence-electron chi connectivity index (χ2n) is 4.76. The fourth-order valence-electron chi connectivity index (χ4n) is 2.14. The predicted molar refractivity (Wildman–Crippen MR) is 65.2 cm³/mol. The molecule has 0 aromatic carbocycles. The maximum atomic E-state index is 11.9. The number of aromatic nitrogens is 1. The first kappa shape index (κ1) is 12.5. The standard InChI is InChI=1S/C13H16N2O3/c1-9-10(4-2-7-14-9)11(16)15-8-13(12(17)18)5-3-6-13/h2,4,7H,3,5-6,8H2,1H3,(H,15,16)(H,17,18). The Morgan fingerprint density at radius 2 is 2.22 bits per heavy atom. The third-order valence-corrected chi connectivity index (χ3v) is 3.60. The lowest BCUT2D eigenvalue weighted by Gasteiger charge is -2.37. The number of aryl methyl sites for hydroxylation is 1. The minimum absolute atomic E-state index is 0.190. The van der Waals surface area contributed by atoms with Crippen LogP contribution in [0.2, 0.25) is 0 Å². The van der Waals surface area contributed by atoms with Gasteiger partial charge >= 0.3 is 5.97 Å². The summed E-state index contributed by atoms with van der Waals surface area (Å²) < 4.78 is 0. The second kappa shape index (κ2) is 4.76. The van der Waals surface area contributed by atoms with Crippen LogP contribution in [0.25, 0.3) is 0 Å². The van der Waals surface area contributed by atoms with Crippen molar-refractivity contribution in [1.29, 1.82) is 0 Å². The first-order valence-electron chi connectivity index (χ1n) is 5.98. The zero-order valence-electron chi connectivity index (χ0n) is 10.3. The van der Waals surface area contributed by atoms with E-state index in [9.17, 15) is 9.59 Å². The molecule has 1 aromatic rings. The first-order valence-corrected chi connectivity index (χ1v) is 5.98. The molecule has 1 aliphatic carbocycles. The van der Waals surface area contributed by atoms with Crippen molar-refractivity contribution >= 4 is 11.9 Å². The summed E-state index contributed by atoms with van der Waals surface area (Å²) in [5.74, 6) is -1.08. The molecular formula is C13H16N2O3. The van der Waals surface area contributed by atoms with Crippen molar-refractivity contribution in [3.05, 3.63) is 29.6 Å². The number of carboxylic acid groups (broad SMARTS) is 1. The summed E-state index contributed by atoms with van der Waals surface area (Å²) in [4.78, 5) is 27.1. The van der Waals surface area contributed by atoms with Crippen LogP contribution in [0.1, 0.15) is 35.3 Å². The maximum Gasteiger partial charge on any atom is 0.311 e. The highest BCUT2D eigenvalue weighted by molar-refractivity contribution is 5.95. The number of nitrogens with zero attached hydrogens (tertiary/aromatic N) is 1. The molecule has 2 rings (SSSR count). The third-order valence-electron chi connectivity index (χ3n) is 3.60. The average Bonchev–Trinajstić information content (AvgIpc) is 2.27. The average molecular weight is 248 g/mol. The molecule has 1 aromatic heterocycles. The molecule has 0 bridgehead atoms. The van der Waals surface area contributed by atoms with Gasteiger partial charge in [0.2, 0.25) is 0 Å². The molecule has 1 fully saturated rings. The van der Waals surface area contributed by atoms with Crippen LogP contribution < -0.4 is 5.32 Å². The summed E-state index contributed by atoms with van der Waals surface area (Å²) in [7, 11) is 0. The second-order valence-corrected chi connectivity index (χ2v) is 4.76. The highest BCUT2D eigenvalue weighted by Crippen LogP contribution is 2.40. The molecule has 0 atom stereocenters. The van der Waals surface area contributed by atoms with Crippen molar-refractivity contribution in [2.24, 2.45) is 5.41 Å². The Labute approximate surface area is 105 Å². The molecule has 0 aliphatic heterocycles. The molecule has 0 radical (unpaired) electrons. The van der Waals surface area contributed by atoms with E-state index in [4.69, 9.17) is 5.11 Å². The molecule has 1 amide bonds. The molecule has 1 aliphatic rings. The number of hydrogen-bond acceptors (Lipinski definition) is 3. The quantitative estimate of drug-likeness (QED) is 0.843. The van der Waals surface area contributed by atoms with Crippen LogP contribution in [0, 0.1) is 12.3 Å². The van der Waals surface area contributed by atoms with Crippen molar-refractivity contribution in [2.75, 3.05) is 6.54 Å². The largest absolute Gasteiger partial charge is 0.481 e. The van der Waals surface area contributed by atoms with E-state index >= 15 is 0 Å². The number of aliphatic carboxylic acids is 1. The molecule has 5 heteroatoms. The summed E-state index contributed by atoms with van der Waals surface area (Å²) in [6.07, 6.45) is 3.80. The van der Waals surface area contributed by atoms with Crippen molar-refractivity contribution in [3.63, 3.8) is 0 Å². The highest BCUT2D eigenvalue weighted by atomic mass is 16.4. The molecular weight excluding hydrogens is 232 g/mol. The molecule has 96 valence electrons. The minimum Gasteiger partial charge on any atom is -0.481 e. The lowest BCUT2D eigenvalue weighted by Crippen LogP contribution is -2.47. The van der Waals surface area contributed by atoms with Gasteiger partial charge in [0.15, 0.2) is 0 Å². The molecule has 2 N–H and O–H groups in total. The van der Waals surface area contributed by atoms with Crippen LogP contribution in [-0.2, 0) is 4.79 Å². The number of carbonyl (C=O) groups is 2. The smallest absolute Gasteiger partial charge is 0.311 e.